The molecule has 0 unspecified atom stereocenters. The van der Waals surface area contributed by atoms with Crippen molar-refractivity contribution >= 4 is 23.0 Å². The summed E-state index contributed by atoms with van der Waals surface area (Å²) in [5.74, 6) is 1.29. The van der Waals surface area contributed by atoms with Crippen LogP contribution < -0.4 is 5.32 Å². The molecule has 126 valence electrons. The SMILES string of the molecule is CCOC(=O)CCCn1cnc2c(NCc3ccco3)ncnc21. The number of furan rings is 1. The number of hydrogen-bond donors (Lipinski definition) is 1. The van der Waals surface area contributed by atoms with Crippen molar-refractivity contribution in [3.05, 3.63) is 36.8 Å². The van der Waals surface area contributed by atoms with Crippen molar-refractivity contribution in [2.24, 2.45) is 0 Å². The molecule has 0 aliphatic heterocycles. The molecule has 0 amide bonds. The number of aryl methyl sites for hydroxylation is 1. The molecule has 0 aliphatic rings. The van der Waals surface area contributed by atoms with E-state index in [9.17, 15) is 4.79 Å². The van der Waals surface area contributed by atoms with Gasteiger partial charge in [0.15, 0.2) is 11.5 Å². The molecule has 3 rings (SSSR count). The number of carbonyl (C=O) groups is 1. The Balaban J connectivity index is 1.66. The number of rotatable bonds is 8. The Hall–Kier alpha value is -2.90. The minimum absolute atomic E-state index is 0.183. The Labute approximate surface area is 138 Å². The molecule has 1 N–H and O–H groups in total. The standard InChI is InChI=1S/C16H19N5O3/c1-2-23-13(22)6-3-7-21-11-20-14-15(18-10-19-16(14)21)17-9-12-5-4-8-24-12/h4-5,8,10-11H,2-3,6-7,9H2,1H3,(H,17,18,19). The molecular formula is C16H19N5O3. The first-order valence-corrected chi connectivity index (χ1v) is 7.85. The lowest BCUT2D eigenvalue weighted by atomic mass is 10.3. The number of nitrogens with one attached hydrogen (secondary N) is 1. The molecule has 0 aromatic carbocycles. The highest BCUT2D eigenvalue weighted by molar-refractivity contribution is 5.82. The van der Waals surface area contributed by atoms with Gasteiger partial charge in [0.05, 0.1) is 25.7 Å². The van der Waals surface area contributed by atoms with E-state index in [0.717, 1.165) is 11.4 Å². The van der Waals surface area contributed by atoms with Crippen LogP contribution in [0.1, 0.15) is 25.5 Å². The molecule has 8 nitrogen and oxygen atoms in total. The molecule has 0 saturated carbocycles. The van der Waals surface area contributed by atoms with Gasteiger partial charge in [-0.3, -0.25) is 4.79 Å². The molecular weight excluding hydrogens is 310 g/mol. The van der Waals surface area contributed by atoms with Crippen molar-refractivity contribution in [3.63, 3.8) is 0 Å². The number of hydrogen-bond acceptors (Lipinski definition) is 7. The van der Waals surface area contributed by atoms with Crippen molar-refractivity contribution < 1.29 is 13.9 Å². The predicted octanol–water partition coefficient (Wildman–Crippen LogP) is 2.37. The number of aromatic nitrogens is 4. The average molecular weight is 329 g/mol. The quantitative estimate of drug-likeness (QED) is 0.634. The van der Waals surface area contributed by atoms with Crippen LogP contribution in [0.4, 0.5) is 5.82 Å². The van der Waals surface area contributed by atoms with Gasteiger partial charge in [0.25, 0.3) is 0 Å². The lowest BCUT2D eigenvalue weighted by Gasteiger charge is -2.06. The van der Waals surface area contributed by atoms with E-state index in [1.165, 1.54) is 6.33 Å². The van der Waals surface area contributed by atoms with Gasteiger partial charge in [0, 0.05) is 13.0 Å². The monoisotopic (exact) mass is 329 g/mol. The molecule has 0 aliphatic carbocycles. The second kappa shape index (κ2) is 7.58. The minimum Gasteiger partial charge on any atom is -0.467 e. The zero-order chi connectivity index (χ0) is 16.8. The third kappa shape index (κ3) is 3.70. The van der Waals surface area contributed by atoms with E-state index >= 15 is 0 Å². The second-order valence-corrected chi connectivity index (χ2v) is 5.17. The fraction of sp³-hybridized carbons (Fsp3) is 0.375. The second-order valence-electron chi connectivity index (χ2n) is 5.17. The molecule has 0 spiro atoms. The van der Waals surface area contributed by atoms with Crippen LogP contribution in [0.25, 0.3) is 11.2 Å². The van der Waals surface area contributed by atoms with E-state index in [1.807, 2.05) is 16.7 Å². The summed E-state index contributed by atoms with van der Waals surface area (Å²) in [5.41, 5.74) is 1.43. The summed E-state index contributed by atoms with van der Waals surface area (Å²) in [5, 5.41) is 3.20. The summed E-state index contributed by atoms with van der Waals surface area (Å²) in [6.45, 7) is 3.37. The van der Waals surface area contributed by atoms with E-state index in [1.54, 1.807) is 19.5 Å². The van der Waals surface area contributed by atoms with Crippen LogP contribution in [0.2, 0.25) is 0 Å². The fourth-order valence-electron chi connectivity index (χ4n) is 2.38. The van der Waals surface area contributed by atoms with Gasteiger partial charge in [-0.25, -0.2) is 15.0 Å². The van der Waals surface area contributed by atoms with Crippen molar-refractivity contribution in [3.8, 4) is 0 Å². The van der Waals surface area contributed by atoms with Crippen molar-refractivity contribution in [2.75, 3.05) is 11.9 Å². The number of esters is 1. The molecule has 24 heavy (non-hydrogen) atoms. The number of imidazole rings is 1. The van der Waals surface area contributed by atoms with Crippen LogP contribution >= 0.6 is 0 Å². The van der Waals surface area contributed by atoms with E-state index in [4.69, 9.17) is 9.15 Å². The first-order valence-electron chi connectivity index (χ1n) is 7.85. The van der Waals surface area contributed by atoms with Crippen LogP contribution in [-0.4, -0.2) is 32.1 Å². The molecule has 3 aromatic heterocycles. The fourth-order valence-corrected chi connectivity index (χ4v) is 2.38. The maximum atomic E-state index is 11.4. The van der Waals surface area contributed by atoms with Crippen molar-refractivity contribution in [1.82, 2.24) is 19.5 Å². The van der Waals surface area contributed by atoms with Crippen LogP contribution in [0.5, 0.6) is 0 Å². The highest BCUT2D eigenvalue weighted by atomic mass is 16.5. The average Bonchev–Trinajstić information content (AvgIpc) is 3.23. The number of ether oxygens (including phenoxy) is 1. The first kappa shape index (κ1) is 16.0. The van der Waals surface area contributed by atoms with Gasteiger partial charge < -0.3 is 19.0 Å². The molecule has 0 bridgehead atoms. The normalized spacial score (nSPS) is 10.9. The third-order valence-electron chi connectivity index (χ3n) is 3.50. The van der Waals surface area contributed by atoms with Gasteiger partial charge in [-0.05, 0) is 25.5 Å². The smallest absolute Gasteiger partial charge is 0.305 e. The van der Waals surface area contributed by atoms with E-state index in [2.05, 4.69) is 20.3 Å². The summed E-state index contributed by atoms with van der Waals surface area (Å²) >= 11 is 0. The van der Waals surface area contributed by atoms with Gasteiger partial charge in [0.2, 0.25) is 0 Å². The summed E-state index contributed by atoms with van der Waals surface area (Å²) in [6.07, 6.45) is 5.88. The van der Waals surface area contributed by atoms with Gasteiger partial charge >= 0.3 is 5.97 Å². The summed E-state index contributed by atoms with van der Waals surface area (Å²) < 4.78 is 12.1. The largest absolute Gasteiger partial charge is 0.467 e. The Morgan fingerprint density at radius 3 is 3.08 bits per heavy atom. The van der Waals surface area contributed by atoms with Crippen LogP contribution in [0.15, 0.2) is 35.5 Å². The maximum Gasteiger partial charge on any atom is 0.305 e. The van der Waals surface area contributed by atoms with Crippen LogP contribution in [-0.2, 0) is 22.6 Å². The van der Waals surface area contributed by atoms with Gasteiger partial charge in [0.1, 0.15) is 17.6 Å². The Morgan fingerprint density at radius 1 is 1.38 bits per heavy atom. The molecule has 0 fully saturated rings. The van der Waals surface area contributed by atoms with E-state index < -0.39 is 0 Å². The van der Waals surface area contributed by atoms with E-state index in [-0.39, 0.29) is 5.97 Å². The number of carbonyl (C=O) groups excluding carboxylic acids is 1. The topological polar surface area (TPSA) is 95.1 Å². The highest BCUT2D eigenvalue weighted by Crippen LogP contribution is 2.18. The zero-order valence-electron chi connectivity index (χ0n) is 13.4. The number of fused-ring (bicyclic) bond motifs is 1. The molecule has 0 radical (unpaired) electrons. The molecule has 3 heterocycles. The van der Waals surface area contributed by atoms with Gasteiger partial charge in [-0.2, -0.15) is 0 Å². The Bertz CT molecular complexity index is 797. The minimum atomic E-state index is -0.183. The Morgan fingerprint density at radius 2 is 2.29 bits per heavy atom. The summed E-state index contributed by atoms with van der Waals surface area (Å²) in [4.78, 5) is 24.3. The molecule has 0 atom stereocenters. The maximum absolute atomic E-state index is 11.4. The summed E-state index contributed by atoms with van der Waals surface area (Å²) in [6, 6.07) is 3.73. The zero-order valence-corrected chi connectivity index (χ0v) is 13.4. The number of nitrogens with zero attached hydrogens (tertiary/aromatic N) is 4. The first-order chi connectivity index (χ1) is 11.8. The highest BCUT2D eigenvalue weighted by Gasteiger charge is 2.11. The van der Waals surface area contributed by atoms with Crippen LogP contribution in [0, 0.1) is 0 Å². The lowest BCUT2D eigenvalue weighted by molar-refractivity contribution is -0.143. The third-order valence-corrected chi connectivity index (χ3v) is 3.50. The Kier molecular flexibility index (Phi) is 5.05. The van der Waals surface area contributed by atoms with Crippen molar-refractivity contribution in [1.29, 1.82) is 0 Å². The van der Waals surface area contributed by atoms with E-state index in [0.29, 0.717) is 43.9 Å². The molecule has 8 heteroatoms. The predicted molar refractivity (Wildman–Crippen MR) is 87.2 cm³/mol. The summed E-state index contributed by atoms with van der Waals surface area (Å²) in [7, 11) is 0. The lowest BCUT2D eigenvalue weighted by Crippen LogP contribution is -2.06. The van der Waals surface area contributed by atoms with Crippen molar-refractivity contribution in [2.45, 2.75) is 32.9 Å². The molecule has 0 saturated heterocycles. The van der Waals surface area contributed by atoms with Gasteiger partial charge in [-0.15, -0.1) is 0 Å². The molecule has 3 aromatic rings. The number of anilines is 1. The van der Waals surface area contributed by atoms with Gasteiger partial charge in [-0.1, -0.05) is 0 Å². The van der Waals surface area contributed by atoms with Crippen LogP contribution in [0.3, 0.4) is 0 Å².